The zero-order valence-corrected chi connectivity index (χ0v) is 17.3. The van der Waals surface area contributed by atoms with Crippen molar-refractivity contribution < 1.29 is 0 Å². The van der Waals surface area contributed by atoms with Crippen LogP contribution >= 0.6 is 35.7 Å². The Labute approximate surface area is 166 Å². The average molecular weight is 456 g/mol. The first-order valence-electron chi connectivity index (χ1n) is 7.84. The summed E-state index contributed by atoms with van der Waals surface area (Å²) in [6.07, 6.45) is 2.71. The van der Waals surface area contributed by atoms with Gasteiger partial charge >= 0.3 is 0 Å². The van der Waals surface area contributed by atoms with Gasteiger partial charge in [0, 0.05) is 48.6 Å². The molecule has 1 unspecified atom stereocenters. The molecule has 2 N–H and O–H groups in total. The normalized spacial score (nSPS) is 12.2. The van der Waals surface area contributed by atoms with Crippen LogP contribution in [0.15, 0.2) is 64.6 Å². The lowest BCUT2D eigenvalue weighted by atomic mass is 10.3. The van der Waals surface area contributed by atoms with Gasteiger partial charge in [-0.1, -0.05) is 31.2 Å². The van der Waals surface area contributed by atoms with Gasteiger partial charge in [0.25, 0.3) is 0 Å². The summed E-state index contributed by atoms with van der Waals surface area (Å²) in [6.45, 7) is 3.89. The van der Waals surface area contributed by atoms with Crippen molar-refractivity contribution >= 4 is 41.7 Å². The van der Waals surface area contributed by atoms with Gasteiger partial charge in [0.2, 0.25) is 0 Å². The summed E-state index contributed by atoms with van der Waals surface area (Å²) in [5.74, 6) is 0.835. The van der Waals surface area contributed by atoms with Gasteiger partial charge < -0.3 is 10.6 Å². The number of aromatic nitrogens is 1. The van der Waals surface area contributed by atoms with Gasteiger partial charge in [0.1, 0.15) is 0 Å². The zero-order chi connectivity index (χ0) is 16.3. The molecule has 0 fully saturated rings. The standard InChI is InChI=1S/C18H24N4S.HI/c1-15(23-17-9-4-3-5-10-17)14-22-18(19-2)21-13-11-16-8-6-7-12-20-16;/h3-10,12,15H,11,13-14H2,1-2H3,(H2,19,21,22);1H. The summed E-state index contributed by atoms with van der Waals surface area (Å²) < 4.78 is 0. The fraction of sp³-hybridized carbons (Fsp3) is 0.333. The van der Waals surface area contributed by atoms with E-state index in [9.17, 15) is 0 Å². The molecule has 0 bridgehead atoms. The molecule has 1 atom stereocenters. The van der Waals surface area contributed by atoms with E-state index in [2.05, 4.69) is 51.8 Å². The molecule has 4 nitrogen and oxygen atoms in total. The van der Waals surface area contributed by atoms with Crippen molar-refractivity contribution in [2.45, 2.75) is 23.5 Å². The van der Waals surface area contributed by atoms with E-state index in [0.717, 1.165) is 31.2 Å². The van der Waals surface area contributed by atoms with Gasteiger partial charge in [-0.2, -0.15) is 0 Å². The van der Waals surface area contributed by atoms with Crippen molar-refractivity contribution in [1.82, 2.24) is 15.6 Å². The maximum atomic E-state index is 4.32. The molecule has 6 heteroatoms. The Hall–Kier alpha value is -1.28. The van der Waals surface area contributed by atoms with Crippen LogP contribution in [-0.4, -0.2) is 36.3 Å². The second-order valence-corrected chi connectivity index (χ2v) is 6.70. The number of benzene rings is 1. The van der Waals surface area contributed by atoms with Crippen LogP contribution in [0.4, 0.5) is 0 Å². The second kappa shape index (κ2) is 12.1. The predicted octanol–water partition coefficient (Wildman–Crippen LogP) is 3.59. The second-order valence-electron chi connectivity index (χ2n) is 5.19. The molecule has 0 spiro atoms. The number of hydrogen-bond acceptors (Lipinski definition) is 3. The number of pyridine rings is 1. The Morgan fingerprint density at radius 1 is 1.12 bits per heavy atom. The van der Waals surface area contributed by atoms with E-state index in [1.807, 2.05) is 42.2 Å². The molecule has 130 valence electrons. The molecule has 0 aliphatic rings. The summed E-state index contributed by atoms with van der Waals surface area (Å²) >= 11 is 1.86. The summed E-state index contributed by atoms with van der Waals surface area (Å²) in [7, 11) is 1.80. The summed E-state index contributed by atoms with van der Waals surface area (Å²) in [4.78, 5) is 9.87. The summed E-state index contributed by atoms with van der Waals surface area (Å²) in [5, 5.41) is 7.16. The number of aliphatic imine (C=N–C) groups is 1. The van der Waals surface area contributed by atoms with Crippen molar-refractivity contribution in [1.29, 1.82) is 0 Å². The van der Waals surface area contributed by atoms with Crippen molar-refractivity contribution in [2.75, 3.05) is 20.1 Å². The van der Waals surface area contributed by atoms with Crippen molar-refractivity contribution in [3.63, 3.8) is 0 Å². The molecule has 1 aromatic carbocycles. The molecule has 2 aromatic rings. The molecule has 1 heterocycles. The third kappa shape index (κ3) is 8.01. The van der Waals surface area contributed by atoms with E-state index in [4.69, 9.17) is 0 Å². The van der Waals surface area contributed by atoms with Crippen LogP contribution in [0.2, 0.25) is 0 Å². The number of halogens is 1. The fourth-order valence-corrected chi connectivity index (χ4v) is 3.03. The molecule has 1 aromatic heterocycles. The van der Waals surface area contributed by atoms with Crippen LogP contribution in [0.3, 0.4) is 0 Å². The number of nitrogens with one attached hydrogen (secondary N) is 2. The largest absolute Gasteiger partial charge is 0.356 e. The Morgan fingerprint density at radius 3 is 2.54 bits per heavy atom. The number of nitrogens with zero attached hydrogens (tertiary/aromatic N) is 2. The highest BCUT2D eigenvalue weighted by Crippen LogP contribution is 2.21. The third-order valence-electron chi connectivity index (χ3n) is 3.26. The van der Waals surface area contributed by atoms with Crippen LogP contribution in [0.5, 0.6) is 0 Å². The highest BCUT2D eigenvalue weighted by molar-refractivity contribution is 14.0. The number of guanidine groups is 1. The minimum Gasteiger partial charge on any atom is -0.356 e. The fourth-order valence-electron chi connectivity index (χ4n) is 2.09. The first-order chi connectivity index (χ1) is 11.3. The van der Waals surface area contributed by atoms with Crippen LogP contribution in [0, 0.1) is 0 Å². The zero-order valence-electron chi connectivity index (χ0n) is 14.1. The van der Waals surface area contributed by atoms with Crippen molar-refractivity contribution in [2.24, 2.45) is 4.99 Å². The maximum absolute atomic E-state index is 4.32. The Balaban J connectivity index is 0.00000288. The molecule has 0 saturated heterocycles. The maximum Gasteiger partial charge on any atom is 0.191 e. The Morgan fingerprint density at radius 2 is 1.88 bits per heavy atom. The lowest BCUT2D eigenvalue weighted by Crippen LogP contribution is -2.40. The SMILES string of the molecule is CN=C(NCCc1ccccn1)NCC(C)Sc1ccccc1.I. The lowest BCUT2D eigenvalue weighted by Gasteiger charge is -2.15. The van der Waals surface area contributed by atoms with Gasteiger partial charge in [-0.3, -0.25) is 9.98 Å². The van der Waals surface area contributed by atoms with Crippen molar-refractivity contribution in [3.8, 4) is 0 Å². The predicted molar refractivity (Wildman–Crippen MR) is 114 cm³/mol. The molecule has 2 rings (SSSR count). The van der Waals surface area contributed by atoms with Crippen LogP contribution in [0.25, 0.3) is 0 Å². The smallest absolute Gasteiger partial charge is 0.191 e. The molecular weight excluding hydrogens is 431 g/mol. The number of rotatable bonds is 7. The highest BCUT2D eigenvalue weighted by Gasteiger charge is 2.05. The van der Waals surface area contributed by atoms with Gasteiger partial charge in [-0.15, -0.1) is 35.7 Å². The van der Waals surface area contributed by atoms with Crippen LogP contribution < -0.4 is 10.6 Å². The highest BCUT2D eigenvalue weighted by atomic mass is 127. The van der Waals surface area contributed by atoms with Crippen LogP contribution in [0.1, 0.15) is 12.6 Å². The van der Waals surface area contributed by atoms with Crippen LogP contribution in [-0.2, 0) is 6.42 Å². The first kappa shape index (κ1) is 20.8. The van der Waals surface area contributed by atoms with E-state index in [1.54, 1.807) is 7.05 Å². The Kier molecular flexibility index (Phi) is 10.5. The number of hydrogen-bond donors (Lipinski definition) is 2. The van der Waals surface area contributed by atoms with Crippen molar-refractivity contribution in [3.05, 3.63) is 60.4 Å². The molecule has 0 aliphatic heterocycles. The third-order valence-corrected chi connectivity index (χ3v) is 4.37. The summed E-state index contributed by atoms with van der Waals surface area (Å²) in [5.41, 5.74) is 1.09. The summed E-state index contributed by atoms with van der Waals surface area (Å²) in [6, 6.07) is 16.4. The van der Waals surface area contributed by atoms with E-state index < -0.39 is 0 Å². The average Bonchev–Trinajstić information content (AvgIpc) is 2.59. The first-order valence-corrected chi connectivity index (χ1v) is 8.72. The van der Waals surface area contributed by atoms with E-state index in [-0.39, 0.29) is 24.0 Å². The molecule has 0 saturated carbocycles. The molecule has 0 aliphatic carbocycles. The van der Waals surface area contributed by atoms with E-state index >= 15 is 0 Å². The lowest BCUT2D eigenvalue weighted by molar-refractivity contribution is 0.773. The van der Waals surface area contributed by atoms with Gasteiger partial charge in [-0.25, -0.2) is 0 Å². The topological polar surface area (TPSA) is 49.3 Å². The molecular formula is C18H25IN4S. The van der Waals surface area contributed by atoms with Gasteiger partial charge in [0.15, 0.2) is 5.96 Å². The molecule has 24 heavy (non-hydrogen) atoms. The van der Waals surface area contributed by atoms with E-state index in [0.29, 0.717) is 5.25 Å². The molecule has 0 amide bonds. The number of thioether (sulfide) groups is 1. The van der Waals surface area contributed by atoms with Gasteiger partial charge in [-0.05, 0) is 24.3 Å². The minimum absolute atomic E-state index is 0. The Bertz CT molecular complexity index is 592. The quantitative estimate of drug-likeness (QED) is 0.290. The monoisotopic (exact) mass is 456 g/mol. The van der Waals surface area contributed by atoms with Gasteiger partial charge in [0.05, 0.1) is 0 Å². The van der Waals surface area contributed by atoms with E-state index in [1.165, 1.54) is 4.90 Å². The minimum atomic E-state index is 0. The molecule has 0 radical (unpaired) electrons.